The summed E-state index contributed by atoms with van der Waals surface area (Å²) in [6.07, 6.45) is 9.00. The monoisotopic (exact) mass is 298 g/mol. The number of hydrogen-bond donors (Lipinski definition) is 0. The summed E-state index contributed by atoms with van der Waals surface area (Å²) in [5, 5.41) is 1.78. The van der Waals surface area contributed by atoms with Gasteiger partial charge in [0.05, 0.1) is 0 Å². The molecule has 2 heterocycles. The Hall–Kier alpha value is -0.550. The van der Waals surface area contributed by atoms with Crippen LogP contribution in [0.1, 0.15) is 44.9 Å². The first kappa shape index (κ1) is 13.4. The fourth-order valence-electron chi connectivity index (χ4n) is 2.77. The van der Waals surface area contributed by atoms with Gasteiger partial charge in [-0.1, -0.05) is 31.0 Å². The van der Waals surface area contributed by atoms with Gasteiger partial charge in [0.25, 0.3) is 0 Å². The lowest BCUT2D eigenvalue weighted by atomic mass is 10.0. The molecule has 0 unspecified atom stereocenters. The first-order chi connectivity index (χ1) is 9.31. The number of aromatic nitrogens is 3. The second-order valence-electron chi connectivity index (χ2n) is 5.26. The topological polar surface area (TPSA) is 41.9 Å². The number of halogens is 1. The first-order valence-corrected chi connectivity index (χ1v) is 8.40. The zero-order valence-corrected chi connectivity index (χ0v) is 12.6. The molecule has 2 aliphatic rings. The van der Waals surface area contributed by atoms with Crippen molar-refractivity contribution in [1.82, 2.24) is 15.0 Å². The highest BCUT2D eigenvalue weighted by atomic mass is 35.5. The predicted octanol–water partition coefficient (Wildman–Crippen LogP) is 3.55. The van der Waals surface area contributed by atoms with Crippen LogP contribution >= 0.6 is 23.4 Å². The molecule has 1 aliphatic heterocycles. The van der Waals surface area contributed by atoms with Crippen LogP contribution in [0.3, 0.4) is 0 Å². The Balaban J connectivity index is 1.73. The number of anilines is 1. The molecule has 1 aromatic heterocycles. The standard InChI is InChI=1S/C13H19ClN4S/c14-11-15-12(18-8-4-5-9-18)17-13(16-11)19-10-6-2-1-3-7-10/h10H,1-9H2. The van der Waals surface area contributed by atoms with Crippen LogP contribution in [0.2, 0.25) is 5.28 Å². The van der Waals surface area contributed by atoms with E-state index in [2.05, 4.69) is 19.9 Å². The number of rotatable bonds is 3. The van der Waals surface area contributed by atoms with Crippen LogP contribution in [-0.2, 0) is 0 Å². The average Bonchev–Trinajstić information content (AvgIpc) is 2.93. The number of nitrogens with zero attached hydrogens (tertiary/aromatic N) is 4. The molecule has 0 N–H and O–H groups in total. The maximum absolute atomic E-state index is 6.04. The Morgan fingerprint density at radius 2 is 1.68 bits per heavy atom. The van der Waals surface area contributed by atoms with Gasteiger partial charge >= 0.3 is 0 Å². The van der Waals surface area contributed by atoms with E-state index in [1.165, 1.54) is 44.9 Å². The maximum atomic E-state index is 6.04. The van der Waals surface area contributed by atoms with Crippen molar-refractivity contribution in [3.8, 4) is 0 Å². The van der Waals surface area contributed by atoms with Gasteiger partial charge in [-0.05, 0) is 37.3 Å². The number of thioether (sulfide) groups is 1. The average molecular weight is 299 g/mol. The van der Waals surface area contributed by atoms with Crippen LogP contribution in [0.15, 0.2) is 5.16 Å². The van der Waals surface area contributed by atoms with Crippen molar-refractivity contribution in [3.05, 3.63) is 5.28 Å². The van der Waals surface area contributed by atoms with Crippen LogP contribution in [0, 0.1) is 0 Å². The second-order valence-corrected chi connectivity index (χ2v) is 6.86. The third-order valence-corrected chi connectivity index (χ3v) is 5.16. The quantitative estimate of drug-likeness (QED) is 0.853. The summed E-state index contributed by atoms with van der Waals surface area (Å²) in [5.74, 6) is 0.760. The third kappa shape index (κ3) is 3.51. The van der Waals surface area contributed by atoms with E-state index in [1.54, 1.807) is 11.8 Å². The molecule has 6 heteroatoms. The molecule has 1 saturated carbocycles. The van der Waals surface area contributed by atoms with E-state index < -0.39 is 0 Å². The summed E-state index contributed by atoms with van der Waals surface area (Å²) in [5.41, 5.74) is 0. The third-order valence-electron chi connectivity index (χ3n) is 3.79. The van der Waals surface area contributed by atoms with Gasteiger partial charge in [0.15, 0.2) is 5.16 Å². The Morgan fingerprint density at radius 1 is 0.947 bits per heavy atom. The zero-order chi connectivity index (χ0) is 13.1. The Bertz CT molecular complexity index is 431. The predicted molar refractivity (Wildman–Crippen MR) is 79.0 cm³/mol. The lowest BCUT2D eigenvalue weighted by Crippen LogP contribution is -2.21. The van der Waals surface area contributed by atoms with Crippen molar-refractivity contribution < 1.29 is 0 Å². The van der Waals surface area contributed by atoms with Crippen LogP contribution < -0.4 is 4.90 Å². The summed E-state index contributed by atoms with van der Waals surface area (Å²) in [6, 6.07) is 0. The van der Waals surface area contributed by atoms with Gasteiger partial charge in [-0.25, -0.2) is 0 Å². The van der Waals surface area contributed by atoms with E-state index in [9.17, 15) is 0 Å². The molecule has 0 bridgehead atoms. The van der Waals surface area contributed by atoms with E-state index in [0.717, 1.165) is 24.2 Å². The molecule has 1 saturated heterocycles. The minimum absolute atomic E-state index is 0.329. The molecule has 0 amide bonds. The molecule has 0 spiro atoms. The van der Waals surface area contributed by atoms with Gasteiger partial charge in [0.1, 0.15) is 0 Å². The van der Waals surface area contributed by atoms with E-state index in [1.807, 2.05) is 0 Å². The van der Waals surface area contributed by atoms with Crippen LogP contribution in [0.5, 0.6) is 0 Å². The van der Waals surface area contributed by atoms with Gasteiger partial charge in [-0.15, -0.1) is 0 Å². The molecule has 2 fully saturated rings. The van der Waals surface area contributed by atoms with Gasteiger partial charge in [-0.2, -0.15) is 15.0 Å². The second kappa shape index (κ2) is 6.27. The summed E-state index contributed by atoms with van der Waals surface area (Å²) in [4.78, 5) is 15.3. The van der Waals surface area contributed by atoms with Gasteiger partial charge in [0.2, 0.25) is 11.2 Å². The normalized spacial score (nSPS) is 21.0. The molecule has 19 heavy (non-hydrogen) atoms. The minimum atomic E-state index is 0.329. The molecular formula is C13H19ClN4S. The summed E-state index contributed by atoms with van der Waals surface area (Å²) >= 11 is 7.82. The van der Waals surface area contributed by atoms with Crippen molar-refractivity contribution in [1.29, 1.82) is 0 Å². The van der Waals surface area contributed by atoms with Gasteiger partial charge < -0.3 is 4.90 Å². The number of hydrogen-bond acceptors (Lipinski definition) is 5. The van der Waals surface area contributed by atoms with E-state index >= 15 is 0 Å². The summed E-state index contributed by atoms with van der Waals surface area (Å²) in [6.45, 7) is 2.07. The molecule has 1 aromatic rings. The lowest BCUT2D eigenvalue weighted by Gasteiger charge is -2.21. The van der Waals surface area contributed by atoms with E-state index in [0.29, 0.717) is 10.5 Å². The highest BCUT2D eigenvalue weighted by molar-refractivity contribution is 7.99. The zero-order valence-electron chi connectivity index (χ0n) is 11.0. The molecule has 4 nitrogen and oxygen atoms in total. The molecule has 3 rings (SSSR count). The van der Waals surface area contributed by atoms with Gasteiger partial charge in [-0.3, -0.25) is 0 Å². The van der Waals surface area contributed by atoms with E-state index in [4.69, 9.17) is 11.6 Å². The van der Waals surface area contributed by atoms with Crippen LogP contribution in [0.4, 0.5) is 5.95 Å². The molecule has 104 valence electrons. The molecule has 0 radical (unpaired) electrons. The van der Waals surface area contributed by atoms with Crippen molar-refractivity contribution in [2.24, 2.45) is 0 Å². The van der Waals surface area contributed by atoms with E-state index in [-0.39, 0.29) is 0 Å². The SMILES string of the molecule is Clc1nc(SC2CCCCC2)nc(N2CCCC2)n1. The smallest absolute Gasteiger partial charge is 0.230 e. The van der Waals surface area contributed by atoms with Crippen LogP contribution in [0.25, 0.3) is 0 Å². The lowest BCUT2D eigenvalue weighted by molar-refractivity contribution is 0.515. The molecule has 0 atom stereocenters. The first-order valence-electron chi connectivity index (χ1n) is 7.14. The highest BCUT2D eigenvalue weighted by Crippen LogP contribution is 2.32. The molecule has 1 aliphatic carbocycles. The Morgan fingerprint density at radius 3 is 2.42 bits per heavy atom. The van der Waals surface area contributed by atoms with Crippen molar-refractivity contribution in [2.75, 3.05) is 18.0 Å². The Labute approximate surface area is 123 Å². The Kier molecular flexibility index (Phi) is 4.43. The van der Waals surface area contributed by atoms with Crippen molar-refractivity contribution in [2.45, 2.75) is 55.4 Å². The summed E-state index contributed by atoms with van der Waals surface area (Å²) in [7, 11) is 0. The summed E-state index contributed by atoms with van der Waals surface area (Å²) < 4.78 is 0. The fourth-order valence-corrected chi connectivity index (χ4v) is 4.11. The van der Waals surface area contributed by atoms with Crippen LogP contribution in [-0.4, -0.2) is 33.3 Å². The molecular weight excluding hydrogens is 280 g/mol. The van der Waals surface area contributed by atoms with Crippen molar-refractivity contribution >= 4 is 29.3 Å². The fraction of sp³-hybridized carbons (Fsp3) is 0.769. The van der Waals surface area contributed by atoms with Gasteiger partial charge in [0, 0.05) is 18.3 Å². The largest absolute Gasteiger partial charge is 0.341 e. The minimum Gasteiger partial charge on any atom is -0.341 e. The highest BCUT2D eigenvalue weighted by Gasteiger charge is 2.20. The maximum Gasteiger partial charge on any atom is 0.230 e. The van der Waals surface area contributed by atoms with Crippen molar-refractivity contribution in [3.63, 3.8) is 0 Å². The molecule has 0 aromatic carbocycles.